The minimum Gasteiger partial charge on any atom is -0.493 e. The van der Waals surface area contributed by atoms with Crippen LogP contribution >= 0.6 is 0 Å². The van der Waals surface area contributed by atoms with Crippen molar-refractivity contribution < 1.29 is 28.9 Å². The lowest BCUT2D eigenvalue weighted by atomic mass is 9.62. The maximum Gasteiger partial charge on any atom is 0.337 e. The smallest absolute Gasteiger partial charge is 0.337 e. The Hall–Kier alpha value is -3.39. The van der Waals surface area contributed by atoms with Gasteiger partial charge in [0.1, 0.15) is 11.7 Å². The number of rotatable bonds is 5. The molecule has 3 aliphatic rings. The van der Waals surface area contributed by atoms with Crippen molar-refractivity contribution in [3.63, 3.8) is 0 Å². The molecule has 1 N–H and O–H groups in total. The first-order valence-corrected chi connectivity index (χ1v) is 11.4. The standard InChI is InChI=1S/C26H28N2O6/c1-25-13-19(33-21(29)12-18-6-4-16(14-27-18)24(30)31)8-9-26(25)10-11-28(2)15-17-5-7-20(32-3)23(34-25)22(17)26/h4-9,14,19H,10-13,15H2,1-3H3,(H,30,31)/t19-,25-,26+/m0/s1. The number of carbonyl (C=O) groups is 2. The summed E-state index contributed by atoms with van der Waals surface area (Å²) in [6.07, 6.45) is 6.33. The van der Waals surface area contributed by atoms with E-state index in [0.29, 0.717) is 12.1 Å². The van der Waals surface area contributed by atoms with Gasteiger partial charge in [0.25, 0.3) is 0 Å². The van der Waals surface area contributed by atoms with Gasteiger partial charge in [-0.15, -0.1) is 0 Å². The molecule has 2 aliphatic heterocycles. The molecule has 1 aliphatic carbocycles. The molecule has 178 valence electrons. The summed E-state index contributed by atoms with van der Waals surface area (Å²) in [5.74, 6) is 0.0330. The zero-order chi connectivity index (χ0) is 24.1. The molecule has 0 saturated heterocycles. The molecule has 8 nitrogen and oxygen atoms in total. The number of carbonyl (C=O) groups excluding carboxylic acids is 1. The van der Waals surface area contributed by atoms with Crippen molar-refractivity contribution in [1.29, 1.82) is 0 Å². The molecule has 0 unspecified atom stereocenters. The third-order valence-corrected chi connectivity index (χ3v) is 7.34. The summed E-state index contributed by atoms with van der Waals surface area (Å²) in [5.41, 5.74) is 2.03. The van der Waals surface area contributed by atoms with Gasteiger partial charge in [-0.1, -0.05) is 12.1 Å². The van der Waals surface area contributed by atoms with Crippen LogP contribution < -0.4 is 9.47 Å². The van der Waals surface area contributed by atoms with Crippen molar-refractivity contribution in [3.05, 3.63) is 65.0 Å². The van der Waals surface area contributed by atoms with Crippen molar-refractivity contribution in [2.24, 2.45) is 0 Å². The van der Waals surface area contributed by atoms with E-state index in [1.165, 1.54) is 29.5 Å². The normalized spacial score (nSPS) is 27.2. The van der Waals surface area contributed by atoms with Crippen LogP contribution in [-0.4, -0.2) is 59.3 Å². The van der Waals surface area contributed by atoms with E-state index in [1.807, 2.05) is 12.1 Å². The Labute approximate surface area is 198 Å². The predicted octanol–water partition coefficient (Wildman–Crippen LogP) is 3.13. The molecule has 3 heterocycles. The topological polar surface area (TPSA) is 98.2 Å². The highest BCUT2D eigenvalue weighted by atomic mass is 16.6. The fraction of sp³-hybridized carbons (Fsp3) is 0.423. The van der Waals surface area contributed by atoms with Crippen LogP contribution in [0.4, 0.5) is 0 Å². The van der Waals surface area contributed by atoms with Gasteiger partial charge in [0.2, 0.25) is 0 Å². The maximum atomic E-state index is 12.6. The van der Waals surface area contributed by atoms with Crippen LogP contribution in [0.1, 0.15) is 46.9 Å². The zero-order valence-electron chi connectivity index (χ0n) is 19.5. The zero-order valence-corrected chi connectivity index (χ0v) is 19.5. The molecule has 0 amide bonds. The molecule has 0 fully saturated rings. The number of nitrogens with zero attached hydrogens (tertiary/aromatic N) is 2. The van der Waals surface area contributed by atoms with Crippen LogP contribution in [0.3, 0.4) is 0 Å². The van der Waals surface area contributed by atoms with Crippen molar-refractivity contribution in [3.8, 4) is 11.5 Å². The van der Waals surface area contributed by atoms with Crippen LogP contribution in [0.25, 0.3) is 0 Å². The quantitative estimate of drug-likeness (QED) is 0.532. The molecule has 0 saturated carbocycles. The molecular formula is C26H28N2O6. The second-order valence-corrected chi connectivity index (χ2v) is 9.53. The summed E-state index contributed by atoms with van der Waals surface area (Å²) in [5, 5.41) is 9.00. The molecular weight excluding hydrogens is 436 g/mol. The van der Waals surface area contributed by atoms with E-state index in [1.54, 1.807) is 7.11 Å². The van der Waals surface area contributed by atoms with Crippen molar-refractivity contribution in [2.75, 3.05) is 20.7 Å². The number of ether oxygens (including phenoxy) is 3. The van der Waals surface area contributed by atoms with Gasteiger partial charge in [-0.25, -0.2) is 4.79 Å². The summed E-state index contributed by atoms with van der Waals surface area (Å²) in [7, 11) is 3.78. The highest BCUT2D eigenvalue weighted by Crippen LogP contribution is 2.60. The SMILES string of the molecule is COc1ccc2c3c1O[C@@]1(C)C[C@@H](OC(=O)Cc4ccc(C(=O)O)cn4)C=C[C@@]31CCN(C)C2. The van der Waals surface area contributed by atoms with Gasteiger partial charge < -0.3 is 24.2 Å². The average Bonchev–Trinajstić information content (AvgIpc) is 2.97. The molecule has 1 aromatic heterocycles. The molecule has 1 spiro atoms. The Balaban J connectivity index is 1.39. The van der Waals surface area contributed by atoms with Gasteiger partial charge in [-0.05, 0) is 56.8 Å². The van der Waals surface area contributed by atoms with Gasteiger partial charge in [0.15, 0.2) is 11.5 Å². The largest absolute Gasteiger partial charge is 0.493 e. The molecule has 1 aromatic carbocycles. The molecule has 3 atom stereocenters. The van der Waals surface area contributed by atoms with Gasteiger partial charge in [-0.3, -0.25) is 9.78 Å². The van der Waals surface area contributed by atoms with Crippen LogP contribution in [0, 0.1) is 0 Å². The molecule has 2 aromatic rings. The number of methoxy groups -OCH3 is 1. The van der Waals surface area contributed by atoms with E-state index >= 15 is 0 Å². The first kappa shape index (κ1) is 22.4. The van der Waals surface area contributed by atoms with Gasteiger partial charge in [0, 0.05) is 24.7 Å². The lowest BCUT2D eigenvalue weighted by Gasteiger charge is -2.44. The number of pyridine rings is 1. The number of hydrogen-bond donors (Lipinski definition) is 1. The molecule has 5 rings (SSSR count). The summed E-state index contributed by atoms with van der Waals surface area (Å²) in [6.45, 7) is 3.85. The summed E-state index contributed by atoms with van der Waals surface area (Å²) in [4.78, 5) is 30.0. The highest BCUT2D eigenvalue weighted by Gasteiger charge is 2.60. The minimum absolute atomic E-state index is 0.0318. The molecule has 8 heteroatoms. The van der Waals surface area contributed by atoms with Gasteiger partial charge in [0.05, 0.1) is 30.2 Å². The average molecular weight is 465 g/mol. The van der Waals surface area contributed by atoms with E-state index in [-0.39, 0.29) is 17.4 Å². The maximum absolute atomic E-state index is 12.6. The Bertz CT molecular complexity index is 1180. The highest BCUT2D eigenvalue weighted by molar-refractivity contribution is 5.87. The van der Waals surface area contributed by atoms with Gasteiger partial charge in [-0.2, -0.15) is 0 Å². The third-order valence-electron chi connectivity index (χ3n) is 7.34. The number of aromatic nitrogens is 1. The summed E-state index contributed by atoms with van der Waals surface area (Å²) in [6, 6.07) is 7.05. The van der Waals surface area contributed by atoms with E-state index < -0.39 is 23.6 Å². The lowest BCUT2D eigenvalue weighted by Crippen LogP contribution is -2.53. The number of benzene rings is 1. The lowest BCUT2D eigenvalue weighted by molar-refractivity contribution is -0.149. The fourth-order valence-corrected chi connectivity index (χ4v) is 5.58. The number of aromatic carboxylic acids is 1. The van der Waals surface area contributed by atoms with E-state index in [9.17, 15) is 9.59 Å². The van der Waals surface area contributed by atoms with Crippen LogP contribution in [0.5, 0.6) is 11.5 Å². The second-order valence-electron chi connectivity index (χ2n) is 9.53. The second kappa shape index (κ2) is 8.13. The van der Waals surface area contributed by atoms with Crippen molar-refractivity contribution in [2.45, 2.75) is 49.9 Å². The number of esters is 1. The first-order chi connectivity index (χ1) is 16.2. The Morgan fingerprint density at radius 2 is 2.12 bits per heavy atom. The van der Waals surface area contributed by atoms with Gasteiger partial charge >= 0.3 is 11.9 Å². The Morgan fingerprint density at radius 1 is 1.29 bits per heavy atom. The Morgan fingerprint density at radius 3 is 2.82 bits per heavy atom. The van der Waals surface area contributed by atoms with Crippen LogP contribution in [0.2, 0.25) is 0 Å². The fourth-order valence-electron chi connectivity index (χ4n) is 5.58. The molecule has 0 bridgehead atoms. The minimum atomic E-state index is -1.06. The summed E-state index contributed by atoms with van der Waals surface area (Å²) < 4.78 is 18.1. The molecule has 34 heavy (non-hydrogen) atoms. The van der Waals surface area contributed by atoms with E-state index in [0.717, 1.165) is 31.0 Å². The number of hydrogen-bond acceptors (Lipinski definition) is 7. The van der Waals surface area contributed by atoms with Crippen LogP contribution in [0.15, 0.2) is 42.6 Å². The monoisotopic (exact) mass is 464 g/mol. The summed E-state index contributed by atoms with van der Waals surface area (Å²) >= 11 is 0. The van der Waals surface area contributed by atoms with E-state index in [4.69, 9.17) is 19.3 Å². The van der Waals surface area contributed by atoms with Crippen LogP contribution in [-0.2, 0) is 27.9 Å². The van der Waals surface area contributed by atoms with Crippen molar-refractivity contribution >= 4 is 11.9 Å². The number of carboxylic acid groups (broad SMARTS) is 1. The Kier molecular flexibility index (Phi) is 5.36. The van der Waals surface area contributed by atoms with E-state index in [2.05, 4.69) is 36.0 Å². The predicted molar refractivity (Wildman–Crippen MR) is 123 cm³/mol. The third kappa shape index (κ3) is 3.53. The van der Waals surface area contributed by atoms with Crippen molar-refractivity contribution in [1.82, 2.24) is 9.88 Å². The molecule has 0 radical (unpaired) electrons. The number of carboxylic acids is 1. The first-order valence-electron chi connectivity index (χ1n) is 11.4.